The molecule has 2 unspecified atom stereocenters. The molecule has 0 aromatic heterocycles. The van der Waals surface area contributed by atoms with Crippen molar-refractivity contribution < 1.29 is 24.5 Å². The largest absolute Gasteiger partial charge is 0.481 e. The maximum absolute atomic E-state index is 12.1. The van der Waals surface area contributed by atoms with E-state index in [1.807, 2.05) is 6.08 Å². The molecule has 5 fully saturated rings. The Balaban J connectivity index is 1.40. The minimum Gasteiger partial charge on any atom is -0.481 e. The van der Waals surface area contributed by atoms with Crippen LogP contribution >= 0.6 is 0 Å². The lowest BCUT2D eigenvalue weighted by Gasteiger charge is -2.56. The van der Waals surface area contributed by atoms with Crippen LogP contribution in [0.25, 0.3) is 0 Å². The Bertz CT molecular complexity index is 833. The normalized spacial score (nSPS) is 57.9. The first-order chi connectivity index (χ1) is 13.2. The van der Waals surface area contributed by atoms with Gasteiger partial charge in [0.25, 0.3) is 0 Å². The van der Waals surface area contributed by atoms with Crippen LogP contribution < -0.4 is 0 Å². The van der Waals surface area contributed by atoms with Crippen LogP contribution in [0, 0.1) is 34.5 Å². The van der Waals surface area contributed by atoms with Gasteiger partial charge in [-0.1, -0.05) is 19.4 Å². The SMILES string of the molecule is C[C@]12CCC(=O)C=C1C1CC1[C@H]1[C@@H]3CC[C@](O)(CCC(=O)O)[C@@]3(C)C[C@H]3O[C@]312. The van der Waals surface area contributed by atoms with Gasteiger partial charge in [0.1, 0.15) is 5.60 Å². The van der Waals surface area contributed by atoms with Gasteiger partial charge >= 0.3 is 5.97 Å². The summed E-state index contributed by atoms with van der Waals surface area (Å²) in [6.07, 6.45) is 7.59. The minimum absolute atomic E-state index is 0.0267. The number of fused-ring (bicyclic) bond motifs is 6. The second-order valence-corrected chi connectivity index (χ2v) is 11.0. The van der Waals surface area contributed by atoms with Crippen molar-refractivity contribution in [2.45, 2.75) is 82.5 Å². The van der Waals surface area contributed by atoms with E-state index in [-0.39, 0.29) is 34.7 Å². The zero-order chi connectivity index (χ0) is 19.7. The third-order valence-electron chi connectivity index (χ3n) is 10.2. The molecule has 1 aliphatic heterocycles. The molecular weight excluding hydrogens is 356 g/mol. The molecule has 6 aliphatic rings. The number of ketones is 1. The average molecular weight is 386 g/mol. The van der Waals surface area contributed by atoms with Gasteiger partial charge in [-0.15, -0.1) is 0 Å². The fourth-order valence-electron chi connectivity index (χ4n) is 8.66. The summed E-state index contributed by atoms with van der Waals surface area (Å²) in [4.78, 5) is 23.3. The van der Waals surface area contributed by atoms with E-state index in [2.05, 4.69) is 13.8 Å². The highest BCUT2D eigenvalue weighted by Gasteiger charge is 2.84. The smallest absolute Gasteiger partial charge is 0.303 e. The van der Waals surface area contributed by atoms with Gasteiger partial charge in [0.2, 0.25) is 0 Å². The fourth-order valence-corrected chi connectivity index (χ4v) is 8.66. The van der Waals surface area contributed by atoms with Crippen LogP contribution in [0.15, 0.2) is 11.6 Å². The van der Waals surface area contributed by atoms with E-state index >= 15 is 0 Å². The minimum atomic E-state index is -0.905. The Hall–Kier alpha value is -1.20. The predicted octanol–water partition coefficient (Wildman–Crippen LogP) is 3.10. The van der Waals surface area contributed by atoms with Gasteiger partial charge in [0.15, 0.2) is 5.78 Å². The van der Waals surface area contributed by atoms with Crippen molar-refractivity contribution in [2.24, 2.45) is 34.5 Å². The Morgan fingerprint density at radius 3 is 2.86 bits per heavy atom. The summed E-state index contributed by atoms with van der Waals surface area (Å²) in [5.74, 6) is 1.36. The van der Waals surface area contributed by atoms with Crippen LogP contribution in [-0.2, 0) is 14.3 Å². The third-order valence-corrected chi connectivity index (χ3v) is 10.2. The molecule has 0 amide bonds. The monoisotopic (exact) mass is 386 g/mol. The number of carbonyl (C=O) groups is 2. The Labute approximate surface area is 165 Å². The highest BCUT2D eigenvalue weighted by Crippen LogP contribution is 2.82. The number of carbonyl (C=O) groups excluding carboxylic acids is 1. The number of ether oxygens (including phenoxy) is 1. The van der Waals surface area contributed by atoms with Gasteiger partial charge in [-0.05, 0) is 68.3 Å². The summed E-state index contributed by atoms with van der Waals surface area (Å²) in [6.45, 7) is 4.54. The van der Waals surface area contributed by atoms with Crippen molar-refractivity contribution in [3.8, 4) is 0 Å². The summed E-state index contributed by atoms with van der Waals surface area (Å²) in [6, 6.07) is 0. The third kappa shape index (κ3) is 1.78. The molecule has 28 heavy (non-hydrogen) atoms. The van der Waals surface area contributed by atoms with E-state index in [1.165, 1.54) is 5.57 Å². The van der Waals surface area contributed by atoms with Crippen LogP contribution in [0.2, 0.25) is 0 Å². The van der Waals surface area contributed by atoms with Crippen LogP contribution in [0.4, 0.5) is 0 Å². The first-order valence-electron chi connectivity index (χ1n) is 11.0. The first-order valence-corrected chi connectivity index (χ1v) is 11.0. The number of epoxide rings is 1. The van der Waals surface area contributed by atoms with Crippen LogP contribution in [0.3, 0.4) is 0 Å². The Morgan fingerprint density at radius 1 is 1.32 bits per heavy atom. The molecule has 5 nitrogen and oxygen atoms in total. The molecule has 4 saturated carbocycles. The van der Waals surface area contributed by atoms with E-state index in [0.717, 1.165) is 25.7 Å². The Kier molecular flexibility index (Phi) is 3.10. The lowest BCUT2D eigenvalue weighted by molar-refractivity contribution is -0.144. The summed E-state index contributed by atoms with van der Waals surface area (Å²) >= 11 is 0. The summed E-state index contributed by atoms with van der Waals surface area (Å²) in [5, 5.41) is 20.8. The zero-order valence-electron chi connectivity index (χ0n) is 16.7. The van der Waals surface area contributed by atoms with Gasteiger partial charge in [0, 0.05) is 23.7 Å². The number of aliphatic hydroxyl groups is 1. The molecular formula is C23H30O5. The molecule has 5 heteroatoms. The molecule has 0 aromatic carbocycles. The molecule has 1 saturated heterocycles. The molecule has 5 aliphatic carbocycles. The standard InChI is InChI=1S/C23H30O5/c1-20-6-3-12(24)9-16(20)13-10-14(13)19-15-4-7-22(27,8-5-18(25)26)21(15,2)11-17-23(19,20)28-17/h9,13-15,17,19,27H,3-8,10-11H2,1-2H3,(H,25,26)/t13?,14?,15-,17+,19-,20-,21-,22-,23+/m0/s1. The zero-order valence-corrected chi connectivity index (χ0v) is 16.7. The number of hydrogen-bond acceptors (Lipinski definition) is 4. The number of rotatable bonds is 3. The molecule has 0 bridgehead atoms. The number of carboxylic acids is 1. The molecule has 152 valence electrons. The average Bonchev–Trinajstić information content (AvgIpc) is 3.52. The molecule has 0 radical (unpaired) electrons. The van der Waals surface area contributed by atoms with Crippen molar-refractivity contribution in [1.82, 2.24) is 0 Å². The predicted molar refractivity (Wildman–Crippen MR) is 100 cm³/mol. The number of hydrogen-bond donors (Lipinski definition) is 2. The molecule has 6 rings (SSSR count). The maximum Gasteiger partial charge on any atom is 0.303 e. The van der Waals surface area contributed by atoms with Crippen molar-refractivity contribution in [3.05, 3.63) is 11.6 Å². The second kappa shape index (κ2) is 4.92. The molecule has 1 spiro atoms. The van der Waals surface area contributed by atoms with E-state index < -0.39 is 11.6 Å². The van der Waals surface area contributed by atoms with Crippen molar-refractivity contribution in [2.75, 3.05) is 0 Å². The Morgan fingerprint density at radius 2 is 2.11 bits per heavy atom. The molecule has 2 N–H and O–H groups in total. The van der Waals surface area contributed by atoms with E-state index in [4.69, 9.17) is 4.74 Å². The van der Waals surface area contributed by atoms with Crippen molar-refractivity contribution in [3.63, 3.8) is 0 Å². The van der Waals surface area contributed by atoms with Gasteiger partial charge in [-0.25, -0.2) is 0 Å². The van der Waals surface area contributed by atoms with E-state index in [1.54, 1.807) is 0 Å². The van der Waals surface area contributed by atoms with E-state index in [0.29, 0.717) is 42.9 Å². The van der Waals surface area contributed by atoms with Crippen LogP contribution in [0.1, 0.15) is 65.2 Å². The van der Waals surface area contributed by atoms with E-state index in [9.17, 15) is 19.8 Å². The molecule has 9 atom stereocenters. The van der Waals surface area contributed by atoms with Gasteiger partial charge in [-0.3, -0.25) is 9.59 Å². The van der Waals surface area contributed by atoms with Crippen LogP contribution in [-0.4, -0.2) is 39.3 Å². The quantitative estimate of drug-likeness (QED) is 0.728. The lowest BCUT2D eigenvalue weighted by atomic mass is 9.46. The lowest BCUT2D eigenvalue weighted by Crippen LogP contribution is -2.60. The summed E-state index contributed by atoms with van der Waals surface area (Å²) < 4.78 is 6.62. The van der Waals surface area contributed by atoms with Crippen molar-refractivity contribution in [1.29, 1.82) is 0 Å². The van der Waals surface area contributed by atoms with Crippen LogP contribution in [0.5, 0.6) is 0 Å². The highest BCUT2D eigenvalue weighted by molar-refractivity contribution is 5.92. The van der Waals surface area contributed by atoms with Crippen molar-refractivity contribution >= 4 is 11.8 Å². The summed E-state index contributed by atoms with van der Waals surface area (Å²) in [5.41, 5.74) is -0.0168. The van der Waals surface area contributed by atoms with Gasteiger partial charge < -0.3 is 14.9 Å². The van der Waals surface area contributed by atoms with Gasteiger partial charge in [0.05, 0.1) is 11.7 Å². The number of carboxylic acid groups (broad SMARTS) is 1. The second-order valence-electron chi connectivity index (χ2n) is 11.0. The fraction of sp³-hybridized carbons (Fsp3) is 0.826. The number of aliphatic carboxylic acids is 1. The molecule has 0 aromatic rings. The molecule has 1 heterocycles. The maximum atomic E-state index is 12.1. The van der Waals surface area contributed by atoms with Gasteiger partial charge in [-0.2, -0.15) is 0 Å². The highest BCUT2D eigenvalue weighted by atomic mass is 16.6. The summed E-state index contributed by atoms with van der Waals surface area (Å²) in [7, 11) is 0. The first kappa shape index (κ1) is 17.6. The topological polar surface area (TPSA) is 87.1 Å².